The Morgan fingerprint density at radius 3 is 2.36 bits per heavy atom. The number of fused-ring (bicyclic) bond motifs is 1. The molecule has 3 aromatic carbocycles. The lowest BCUT2D eigenvalue weighted by molar-refractivity contribution is 0.0899. The van der Waals surface area contributed by atoms with Crippen molar-refractivity contribution in [2.45, 2.75) is 12.6 Å². The standard InChI is InChI=1S/C22H18N4O2/c23-13-16-5-7-17(8-6-16)18-9-11-20(12-10-18)28-15-19(27)14-26-22-4-2-1-3-21(22)24-25-26/h1-12,19,27H,14-15H2/t19-/m0/s1. The number of hydrogen-bond donors (Lipinski definition) is 1. The third-order valence-corrected chi connectivity index (χ3v) is 4.45. The van der Waals surface area contributed by atoms with Gasteiger partial charge in [0, 0.05) is 0 Å². The smallest absolute Gasteiger partial charge is 0.119 e. The fourth-order valence-electron chi connectivity index (χ4n) is 2.98. The molecular formula is C22H18N4O2. The van der Waals surface area contributed by atoms with Gasteiger partial charge in [-0.15, -0.1) is 5.10 Å². The Kier molecular flexibility index (Phi) is 5.00. The van der Waals surface area contributed by atoms with Crippen LogP contribution in [-0.4, -0.2) is 32.8 Å². The van der Waals surface area contributed by atoms with Crippen molar-refractivity contribution >= 4 is 11.0 Å². The van der Waals surface area contributed by atoms with Gasteiger partial charge in [0.1, 0.15) is 24.0 Å². The summed E-state index contributed by atoms with van der Waals surface area (Å²) >= 11 is 0. The van der Waals surface area contributed by atoms with Crippen molar-refractivity contribution in [3.05, 3.63) is 78.4 Å². The van der Waals surface area contributed by atoms with Crippen LogP contribution in [0.15, 0.2) is 72.8 Å². The van der Waals surface area contributed by atoms with Crippen LogP contribution in [0.5, 0.6) is 5.75 Å². The first kappa shape index (κ1) is 17.7. The molecule has 0 radical (unpaired) electrons. The second kappa shape index (κ2) is 7.91. The van der Waals surface area contributed by atoms with Gasteiger partial charge in [-0.2, -0.15) is 5.26 Å². The van der Waals surface area contributed by atoms with Gasteiger partial charge in [0.15, 0.2) is 0 Å². The molecule has 28 heavy (non-hydrogen) atoms. The second-order valence-corrected chi connectivity index (χ2v) is 6.44. The zero-order chi connectivity index (χ0) is 19.3. The molecule has 0 aliphatic rings. The Morgan fingerprint density at radius 2 is 1.64 bits per heavy atom. The van der Waals surface area contributed by atoms with E-state index in [4.69, 9.17) is 10.00 Å². The van der Waals surface area contributed by atoms with Gasteiger partial charge in [-0.1, -0.05) is 41.6 Å². The van der Waals surface area contributed by atoms with E-state index in [0.717, 1.165) is 22.2 Å². The number of nitrogens with zero attached hydrogens (tertiary/aromatic N) is 4. The first-order chi connectivity index (χ1) is 13.7. The van der Waals surface area contributed by atoms with E-state index < -0.39 is 6.10 Å². The van der Waals surface area contributed by atoms with Gasteiger partial charge in [-0.3, -0.25) is 0 Å². The summed E-state index contributed by atoms with van der Waals surface area (Å²) in [7, 11) is 0. The number of aliphatic hydroxyl groups excluding tert-OH is 1. The first-order valence-corrected chi connectivity index (χ1v) is 8.92. The fraction of sp³-hybridized carbons (Fsp3) is 0.136. The molecule has 4 aromatic rings. The molecule has 6 heteroatoms. The van der Waals surface area contributed by atoms with Gasteiger partial charge in [0.25, 0.3) is 0 Å². The zero-order valence-corrected chi connectivity index (χ0v) is 15.1. The SMILES string of the molecule is N#Cc1ccc(-c2ccc(OC[C@@H](O)Cn3nnc4ccccc43)cc2)cc1. The van der Waals surface area contributed by atoms with Crippen molar-refractivity contribution in [1.29, 1.82) is 5.26 Å². The number of hydrogen-bond acceptors (Lipinski definition) is 5. The summed E-state index contributed by atoms with van der Waals surface area (Å²) in [6.45, 7) is 0.467. The maximum Gasteiger partial charge on any atom is 0.119 e. The minimum Gasteiger partial charge on any atom is -0.491 e. The monoisotopic (exact) mass is 370 g/mol. The Bertz CT molecular complexity index is 1110. The minimum atomic E-state index is -0.705. The topological polar surface area (TPSA) is 84.0 Å². The van der Waals surface area contributed by atoms with Crippen molar-refractivity contribution < 1.29 is 9.84 Å². The van der Waals surface area contributed by atoms with Gasteiger partial charge >= 0.3 is 0 Å². The summed E-state index contributed by atoms with van der Waals surface area (Å²) in [5.74, 6) is 0.680. The highest BCUT2D eigenvalue weighted by Gasteiger charge is 2.11. The van der Waals surface area contributed by atoms with Crippen LogP contribution < -0.4 is 4.74 Å². The van der Waals surface area contributed by atoms with Crippen LogP contribution >= 0.6 is 0 Å². The Balaban J connectivity index is 1.36. The lowest BCUT2D eigenvalue weighted by Crippen LogP contribution is -2.24. The van der Waals surface area contributed by atoms with Crippen molar-refractivity contribution in [3.8, 4) is 22.9 Å². The van der Waals surface area contributed by atoms with Crippen LogP contribution in [0.1, 0.15) is 5.56 Å². The molecule has 0 fully saturated rings. The summed E-state index contributed by atoms with van der Waals surface area (Å²) < 4.78 is 7.38. The summed E-state index contributed by atoms with van der Waals surface area (Å²) in [5, 5.41) is 27.3. The predicted molar refractivity (Wildman–Crippen MR) is 106 cm³/mol. The van der Waals surface area contributed by atoms with Crippen LogP contribution in [0.25, 0.3) is 22.2 Å². The summed E-state index contributed by atoms with van der Waals surface area (Å²) in [4.78, 5) is 0. The van der Waals surface area contributed by atoms with E-state index in [1.165, 1.54) is 0 Å². The molecule has 1 heterocycles. The highest BCUT2D eigenvalue weighted by molar-refractivity contribution is 5.73. The molecule has 0 amide bonds. The number of aromatic nitrogens is 3. The van der Waals surface area contributed by atoms with Gasteiger partial charge < -0.3 is 9.84 Å². The molecule has 0 unspecified atom stereocenters. The van der Waals surface area contributed by atoms with Crippen molar-refractivity contribution in [1.82, 2.24) is 15.0 Å². The lowest BCUT2D eigenvalue weighted by Gasteiger charge is -2.13. The van der Waals surface area contributed by atoms with E-state index in [-0.39, 0.29) is 6.61 Å². The molecule has 0 saturated heterocycles. The molecule has 1 atom stereocenters. The number of rotatable bonds is 6. The van der Waals surface area contributed by atoms with Gasteiger partial charge in [0.2, 0.25) is 0 Å². The molecule has 4 rings (SSSR count). The number of aliphatic hydroxyl groups is 1. The molecule has 0 aliphatic carbocycles. The molecule has 138 valence electrons. The second-order valence-electron chi connectivity index (χ2n) is 6.44. The van der Waals surface area contributed by atoms with E-state index in [0.29, 0.717) is 17.9 Å². The molecule has 0 aliphatic heterocycles. The maximum absolute atomic E-state index is 10.3. The normalized spacial score (nSPS) is 11.9. The van der Waals surface area contributed by atoms with Gasteiger partial charge in [-0.05, 0) is 47.5 Å². The van der Waals surface area contributed by atoms with Gasteiger partial charge in [0.05, 0.1) is 23.7 Å². The minimum absolute atomic E-state index is 0.157. The van der Waals surface area contributed by atoms with E-state index in [2.05, 4.69) is 16.4 Å². The number of nitriles is 1. The third-order valence-electron chi connectivity index (χ3n) is 4.45. The average Bonchev–Trinajstić information content (AvgIpc) is 3.15. The highest BCUT2D eigenvalue weighted by Crippen LogP contribution is 2.23. The highest BCUT2D eigenvalue weighted by atomic mass is 16.5. The molecule has 0 bridgehead atoms. The van der Waals surface area contributed by atoms with Crippen LogP contribution in [0.3, 0.4) is 0 Å². The number of benzene rings is 3. The number of ether oxygens (including phenoxy) is 1. The molecule has 0 saturated carbocycles. The van der Waals surface area contributed by atoms with Crippen LogP contribution in [0.4, 0.5) is 0 Å². The summed E-state index contributed by atoms with van der Waals surface area (Å²) in [6.07, 6.45) is -0.705. The average molecular weight is 370 g/mol. The summed E-state index contributed by atoms with van der Waals surface area (Å²) in [6, 6.07) is 24.8. The molecular weight excluding hydrogens is 352 g/mol. The molecule has 1 N–H and O–H groups in total. The summed E-state index contributed by atoms with van der Waals surface area (Å²) in [5.41, 5.74) is 4.38. The molecule has 1 aromatic heterocycles. The van der Waals surface area contributed by atoms with E-state index in [1.807, 2.05) is 60.7 Å². The maximum atomic E-state index is 10.3. The van der Waals surface area contributed by atoms with Crippen molar-refractivity contribution in [2.75, 3.05) is 6.61 Å². The van der Waals surface area contributed by atoms with Crippen LogP contribution in [0.2, 0.25) is 0 Å². The molecule has 0 spiro atoms. The Morgan fingerprint density at radius 1 is 0.964 bits per heavy atom. The van der Waals surface area contributed by atoms with Gasteiger partial charge in [-0.25, -0.2) is 4.68 Å². The Hall–Kier alpha value is -3.69. The van der Waals surface area contributed by atoms with Crippen LogP contribution in [-0.2, 0) is 6.54 Å². The Labute approximate surface area is 162 Å². The predicted octanol–water partition coefficient (Wildman–Crippen LogP) is 3.41. The van der Waals surface area contributed by atoms with E-state index in [1.54, 1.807) is 16.8 Å². The van der Waals surface area contributed by atoms with E-state index in [9.17, 15) is 5.11 Å². The third kappa shape index (κ3) is 3.85. The van der Waals surface area contributed by atoms with E-state index >= 15 is 0 Å². The quantitative estimate of drug-likeness (QED) is 0.562. The molecule has 6 nitrogen and oxygen atoms in total. The first-order valence-electron chi connectivity index (χ1n) is 8.92. The zero-order valence-electron chi connectivity index (χ0n) is 15.1. The van der Waals surface area contributed by atoms with Crippen molar-refractivity contribution in [2.24, 2.45) is 0 Å². The number of para-hydroxylation sites is 1. The van der Waals surface area contributed by atoms with Crippen LogP contribution in [0, 0.1) is 11.3 Å². The largest absolute Gasteiger partial charge is 0.491 e. The van der Waals surface area contributed by atoms with Crippen molar-refractivity contribution in [3.63, 3.8) is 0 Å². The fourth-order valence-corrected chi connectivity index (χ4v) is 2.98. The lowest BCUT2D eigenvalue weighted by atomic mass is 10.0.